The maximum absolute atomic E-state index is 12.4. The fourth-order valence-corrected chi connectivity index (χ4v) is 2.96. The number of nitrogens with zero attached hydrogens (tertiary/aromatic N) is 1. The number of hydrogen-bond acceptors (Lipinski definition) is 4. The van der Waals surface area contributed by atoms with Gasteiger partial charge in [-0.25, -0.2) is 4.79 Å². The topological polar surface area (TPSA) is 63.7 Å². The molecule has 2 aromatic rings. The minimum absolute atomic E-state index is 0.0541. The van der Waals surface area contributed by atoms with Crippen molar-refractivity contribution in [3.05, 3.63) is 65.2 Å². The zero-order valence-electron chi connectivity index (χ0n) is 14.9. The van der Waals surface area contributed by atoms with Gasteiger partial charge >= 0.3 is 5.97 Å². The van der Waals surface area contributed by atoms with E-state index >= 15 is 0 Å². The number of rotatable bonds is 5. The number of carbonyl (C=O) groups excluding carboxylic acids is 3. The second-order valence-corrected chi connectivity index (χ2v) is 6.48. The van der Waals surface area contributed by atoms with Gasteiger partial charge < -0.3 is 9.64 Å². The quantitative estimate of drug-likeness (QED) is 0.610. The lowest BCUT2D eigenvalue weighted by atomic mass is 10.1. The Labute approximate surface area is 152 Å². The fraction of sp³-hybridized carbons (Fsp3) is 0.286. The van der Waals surface area contributed by atoms with Crippen LogP contribution in [-0.2, 0) is 9.53 Å². The number of carbonyl (C=O) groups is 3. The summed E-state index contributed by atoms with van der Waals surface area (Å²) in [4.78, 5) is 38.4. The Morgan fingerprint density at radius 2 is 1.81 bits per heavy atom. The molecule has 26 heavy (non-hydrogen) atoms. The zero-order valence-corrected chi connectivity index (χ0v) is 14.9. The van der Waals surface area contributed by atoms with Crippen LogP contribution in [0, 0.1) is 6.92 Å². The monoisotopic (exact) mass is 351 g/mol. The van der Waals surface area contributed by atoms with E-state index in [1.807, 2.05) is 19.1 Å². The van der Waals surface area contributed by atoms with E-state index in [1.54, 1.807) is 48.2 Å². The smallest absolute Gasteiger partial charge is 0.338 e. The van der Waals surface area contributed by atoms with Gasteiger partial charge in [-0.1, -0.05) is 35.9 Å². The highest BCUT2D eigenvalue weighted by molar-refractivity contribution is 6.02. The van der Waals surface area contributed by atoms with Crippen LogP contribution in [0.2, 0.25) is 0 Å². The normalized spacial score (nSPS) is 15.0. The molecular weight excluding hydrogens is 330 g/mol. The van der Waals surface area contributed by atoms with Crippen molar-refractivity contribution in [2.75, 3.05) is 11.4 Å². The van der Waals surface area contributed by atoms with Gasteiger partial charge in [-0.05, 0) is 38.5 Å². The average molecular weight is 351 g/mol. The molecule has 0 bridgehead atoms. The van der Waals surface area contributed by atoms with Crippen molar-refractivity contribution in [1.82, 2.24) is 0 Å². The van der Waals surface area contributed by atoms with Crippen LogP contribution in [-0.4, -0.2) is 30.3 Å². The SMILES string of the molecule is Cc1ccc(C(=O)[C@@H](C)OC(=O)c2cccc(N3CCCC3=O)c2)cc1. The Hall–Kier alpha value is -2.95. The molecule has 3 rings (SSSR count). The number of aryl methyl sites for hydroxylation is 1. The highest BCUT2D eigenvalue weighted by Gasteiger charge is 2.24. The molecule has 0 radical (unpaired) electrons. The highest BCUT2D eigenvalue weighted by atomic mass is 16.5. The number of ketones is 1. The number of Topliss-reactive ketones (excluding diaryl/α,β-unsaturated/α-hetero) is 1. The van der Waals surface area contributed by atoms with Gasteiger partial charge in [0.05, 0.1) is 5.56 Å². The number of anilines is 1. The summed E-state index contributed by atoms with van der Waals surface area (Å²) in [6, 6.07) is 13.9. The van der Waals surface area contributed by atoms with E-state index in [1.165, 1.54) is 0 Å². The van der Waals surface area contributed by atoms with Crippen molar-refractivity contribution >= 4 is 23.3 Å². The van der Waals surface area contributed by atoms with E-state index in [2.05, 4.69) is 0 Å². The lowest BCUT2D eigenvalue weighted by molar-refractivity contribution is -0.117. The van der Waals surface area contributed by atoms with Gasteiger partial charge in [0, 0.05) is 24.2 Å². The maximum atomic E-state index is 12.4. The van der Waals surface area contributed by atoms with Crippen LogP contribution in [0.5, 0.6) is 0 Å². The second kappa shape index (κ2) is 7.52. The molecule has 1 aliphatic heterocycles. The molecule has 1 atom stereocenters. The fourth-order valence-electron chi connectivity index (χ4n) is 2.96. The van der Waals surface area contributed by atoms with E-state index in [0.717, 1.165) is 12.0 Å². The van der Waals surface area contributed by atoms with Gasteiger partial charge in [-0.2, -0.15) is 0 Å². The lowest BCUT2D eigenvalue weighted by Crippen LogP contribution is -2.25. The van der Waals surface area contributed by atoms with Crippen molar-refractivity contribution in [3.63, 3.8) is 0 Å². The molecule has 1 aliphatic rings. The first-order chi connectivity index (χ1) is 12.5. The lowest BCUT2D eigenvalue weighted by Gasteiger charge is -2.17. The van der Waals surface area contributed by atoms with Crippen molar-refractivity contribution < 1.29 is 19.1 Å². The van der Waals surface area contributed by atoms with Crippen molar-refractivity contribution in [1.29, 1.82) is 0 Å². The summed E-state index contributed by atoms with van der Waals surface area (Å²) in [6.07, 6.45) is 0.453. The second-order valence-electron chi connectivity index (χ2n) is 6.48. The van der Waals surface area contributed by atoms with Crippen molar-refractivity contribution in [2.45, 2.75) is 32.8 Å². The summed E-state index contributed by atoms with van der Waals surface area (Å²) in [5, 5.41) is 0. The molecule has 1 heterocycles. The van der Waals surface area contributed by atoms with Crippen molar-refractivity contribution in [3.8, 4) is 0 Å². The van der Waals surface area contributed by atoms with Crippen LogP contribution >= 0.6 is 0 Å². The van der Waals surface area contributed by atoms with Crippen molar-refractivity contribution in [2.24, 2.45) is 0 Å². The summed E-state index contributed by atoms with van der Waals surface area (Å²) in [6.45, 7) is 4.16. The minimum Gasteiger partial charge on any atom is -0.451 e. The third kappa shape index (κ3) is 3.82. The van der Waals surface area contributed by atoms with Crippen LogP contribution in [0.3, 0.4) is 0 Å². The molecule has 0 N–H and O–H groups in total. The summed E-state index contributed by atoms with van der Waals surface area (Å²) in [5.74, 6) is -0.769. The Balaban J connectivity index is 1.70. The van der Waals surface area contributed by atoms with E-state index in [9.17, 15) is 14.4 Å². The van der Waals surface area contributed by atoms with Gasteiger partial charge in [-0.15, -0.1) is 0 Å². The van der Waals surface area contributed by atoms with Gasteiger partial charge in [0.2, 0.25) is 11.7 Å². The maximum Gasteiger partial charge on any atom is 0.338 e. The summed E-state index contributed by atoms with van der Waals surface area (Å²) < 4.78 is 5.34. The summed E-state index contributed by atoms with van der Waals surface area (Å²) in [5.41, 5.74) is 2.57. The van der Waals surface area contributed by atoms with Gasteiger partial charge in [0.25, 0.3) is 0 Å². The first-order valence-corrected chi connectivity index (χ1v) is 8.68. The van der Waals surface area contributed by atoms with Gasteiger partial charge in [-0.3, -0.25) is 9.59 Å². The standard InChI is InChI=1S/C21H21NO4/c1-14-8-10-16(11-9-14)20(24)15(2)26-21(25)17-5-3-6-18(13-17)22-12-4-7-19(22)23/h3,5-6,8-11,13,15H,4,7,12H2,1-2H3/t15-/m1/s1. The molecule has 1 saturated heterocycles. The number of hydrogen-bond donors (Lipinski definition) is 0. The van der Waals surface area contributed by atoms with Crippen LogP contribution < -0.4 is 4.90 Å². The largest absolute Gasteiger partial charge is 0.451 e. The first kappa shape index (κ1) is 17.9. The molecule has 5 heteroatoms. The number of esters is 1. The molecule has 134 valence electrons. The minimum atomic E-state index is -0.887. The molecule has 1 fully saturated rings. The van der Waals surface area contributed by atoms with Gasteiger partial charge in [0.1, 0.15) is 0 Å². The predicted molar refractivity (Wildman–Crippen MR) is 98.4 cm³/mol. The number of amides is 1. The van der Waals surface area contributed by atoms with E-state index in [0.29, 0.717) is 29.8 Å². The third-order valence-corrected chi connectivity index (χ3v) is 4.46. The molecule has 0 aliphatic carbocycles. The molecule has 2 aromatic carbocycles. The van der Waals surface area contributed by atoms with Crippen LogP contribution in [0.15, 0.2) is 48.5 Å². The Kier molecular flexibility index (Phi) is 5.16. The van der Waals surface area contributed by atoms with E-state index in [-0.39, 0.29) is 11.7 Å². The molecule has 5 nitrogen and oxygen atoms in total. The average Bonchev–Trinajstić information content (AvgIpc) is 3.07. The molecule has 1 amide bonds. The molecule has 0 saturated carbocycles. The zero-order chi connectivity index (χ0) is 18.7. The molecule has 0 spiro atoms. The molecular formula is C21H21NO4. The van der Waals surface area contributed by atoms with Gasteiger partial charge in [0.15, 0.2) is 6.10 Å². The molecule has 0 unspecified atom stereocenters. The Morgan fingerprint density at radius 3 is 2.46 bits per heavy atom. The van der Waals surface area contributed by atoms with Crippen LogP contribution in [0.4, 0.5) is 5.69 Å². The Morgan fingerprint density at radius 1 is 1.08 bits per heavy atom. The highest BCUT2D eigenvalue weighted by Crippen LogP contribution is 2.23. The number of ether oxygens (including phenoxy) is 1. The van der Waals surface area contributed by atoms with E-state index in [4.69, 9.17) is 4.74 Å². The van der Waals surface area contributed by atoms with E-state index < -0.39 is 12.1 Å². The molecule has 0 aromatic heterocycles. The first-order valence-electron chi connectivity index (χ1n) is 8.68. The third-order valence-electron chi connectivity index (χ3n) is 4.46. The number of benzene rings is 2. The summed E-state index contributed by atoms with van der Waals surface area (Å²) in [7, 11) is 0. The predicted octanol–water partition coefficient (Wildman–Crippen LogP) is 3.55. The Bertz CT molecular complexity index is 841. The summed E-state index contributed by atoms with van der Waals surface area (Å²) >= 11 is 0. The van der Waals surface area contributed by atoms with Crippen LogP contribution in [0.25, 0.3) is 0 Å². The van der Waals surface area contributed by atoms with Crippen LogP contribution in [0.1, 0.15) is 46.0 Å².